The number of carboxylic acids is 1. The normalized spacial score (nSPS) is 31.8. The number of hydrogen-bond donors (Lipinski definition) is 2. The molecule has 70 valence electrons. The molecule has 0 aliphatic carbocycles. The van der Waals surface area contributed by atoms with Crippen LogP contribution in [0.25, 0.3) is 0 Å². The molecule has 0 aromatic heterocycles. The summed E-state index contributed by atoms with van der Waals surface area (Å²) in [6.45, 7) is 2.65. The van der Waals surface area contributed by atoms with Crippen molar-refractivity contribution in [1.82, 2.24) is 0 Å². The molecule has 1 saturated heterocycles. The summed E-state index contributed by atoms with van der Waals surface area (Å²) < 4.78 is 5.30. The van der Waals surface area contributed by atoms with Crippen LogP contribution in [0.3, 0.4) is 0 Å². The second-order valence-electron chi connectivity index (χ2n) is 3.29. The molecule has 1 aliphatic heterocycles. The van der Waals surface area contributed by atoms with Gasteiger partial charge in [0, 0.05) is 18.6 Å². The van der Waals surface area contributed by atoms with Gasteiger partial charge >= 0.3 is 5.97 Å². The van der Waals surface area contributed by atoms with Crippen molar-refractivity contribution in [1.29, 1.82) is 0 Å². The Labute approximate surface area is 71.7 Å². The summed E-state index contributed by atoms with van der Waals surface area (Å²) in [6.07, 6.45) is 1.04. The fraction of sp³-hybridized carbons (Fsp3) is 0.875. The van der Waals surface area contributed by atoms with Crippen molar-refractivity contribution < 1.29 is 14.6 Å². The van der Waals surface area contributed by atoms with E-state index in [1.165, 1.54) is 0 Å². The molecule has 3 atom stereocenters. The van der Waals surface area contributed by atoms with E-state index >= 15 is 0 Å². The van der Waals surface area contributed by atoms with Gasteiger partial charge in [0.2, 0.25) is 0 Å². The molecular formula is C8H15NO3. The Kier molecular flexibility index (Phi) is 3.05. The van der Waals surface area contributed by atoms with Gasteiger partial charge in [0.1, 0.15) is 0 Å². The largest absolute Gasteiger partial charge is 0.481 e. The molecule has 0 radical (unpaired) electrons. The topological polar surface area (TPSA) is 72.5 Å². The van der Waals surface area contributed by atoms with Gasteiger partial charge in [0.15, 0.2) is 0 Å². The maximum Gasteiger partial charge on any atom is 0.304 e. The minimum Gasteiger partial charge on any atom is -0.481 e. The summed E-state index contributed by atoms with van der Waals surface area (Å²) in [7, 11) is 0. The van der Waals surface area contributed by atoms with Crippen LogP contribution in [0, 0.1) is 5.92 Å². The maximum absolute atomic E-state index is 10.4. The summed E-state index contributed by atoms with van der Waals surface area (Å²) in [5, 5.41) is 8.51. The van der Waals surface area contributed by atoms with Crippen LogP contribution in [0.2, 0.25) is 0 Å². The molecule has 0 saturated carbocycles. The van der Waals surface area contributed by atoms with Gasteiger partial charge in [0.25, 0.3) is 0 Å². The second-order valence-corrected chi connectivity index (χ2v) is 3.29. The predicted molar refractivity (Wildman–Crippen MR) is 43.7 cm³/mol. The van der Waals surface area contributed by atoms with Crippen molar-refractivity contribution in [2.75, 3.05) is 6.61 Å². The minimum atomic E-state index is -0.832. The molecule has 0 aromatic carbocycles. The van der Waals surface area contributed by atoms with E-state index in [0.717, 1.165) is 6.42 Å². The van der Waals surface area contributed by atoms with Gasteiger partial charge in [-0.15, -0.1) is 0 Å². The van der Waals surface area contributed by atoms with E-state index in [1.807, 2.05) is 6.92 Å². The molecule has 1 heterocycles. The van der Waals surface area contributed by atoms with Crippen molar-refractivity contribution in [3.8, 4) is 0 Å². The van der Waals surface area contributed by atoms with Crippen LogP contribution < -0.4 is 5.73 Å². The Morgan fingerprint density at radius 2 is 2.50 bits per heavy atom. The summed E-state index contributed by atoms with van der Waals surface area (Å²) >= 11 is 0. The summed E-state index contributed by atoms with van der Waals surface area (Å²) in [6, 6.07) is -0.264. The van der Waals surface area contributed by atoms with Crippen LogP contribution in [0.4, 0.5) is 0 Å². The highest BCUT2D eigenvalue weighted by molar-refractivity contribution is 5.67. The lowest BCUT2D eigenvalue weighted by Gasteiger charge is -2.19. The van der Waals surface area contributed by atoms with Gasteiger partial charge in [-0.2, -0.15) is 0 Å². The Balaban J connectivity index is 2.40. The molecule has 4 nitrogen and oxygen atoms in total. The maximum atomic E-state index is 10.4. The van der Waals surface area contributed by atoms with E-state index in [9.17, 15) is 4.79 Å². The smallest absolute Gasteiger partial charge is 0.304 e. The van der Waals surface area contributed by atoms with E-state index in [4.69, 9.17) is 15.6 Å². The zero-order valence-electron chi connectivity index (χ0n) is 7.19. The lowest BCUT2D eigenvalue weighted by molar-refractivity contribution is -0.137. The first-order valence-corrected chi connectivity index (χ1v) is 4.20. The Morgan fingerprint density at radius 3 is 2.92 bits per heavy atom. The van der Waals surface area contributed by atoms with Crippen molar-refractivity contribution in [3.63, 3.8) is 0 Å². The van der Waals surface area contributed by atoms with Crippen molar-refractivity contribution in [3.05, 3.63) is 0 Å². The monoisotopic (exact) mass is 173 g/mol. The van der Waals surface area contributed by atoms with Crippen LogP contribution in [0.15, 0.2) is 0 Å². The number of carboxylic acid groups (broad SMARTS) is 1. The molecule has 1 fully saturated rings. The zero-order valence-corrected chi connectivity index (χ0v) is 7.19. The van der Waals surface area contributed by atoms with Crippen LogP contribution in [-0.4, -0.2) is 29.8 Å². The van der Waals surface area contributed by atoms with Crippen LogP contribution in [0.5, 0.6) is 0 Å². The predicted octanol–water partition coefficient (Wildman–Crippen LogP) is 0.213. The van der Waals surface area contributed by atoms with Gasteiger partial charge in [-0.25, -0.2) is 0 Å². The van der Waals surface area contributed by atoms with Crippen molar-refractivity contribution in [2.45, 2.75) is 31.9 Å². The number of rotatable bonds is 3. The first kappa shape index (κ1) is 9.48. The average molecular weight is 173 g/mol. The van der Waals surface area contributed by atoms with Gasteiger partial charge in [-0.1, -0.05) is 0 Å². The lowest BCUT2D eigenvalue weighted by Crippen LogP contribution is -2.36. The van der Waals surface area contributed by atoms with Crippen molar-refractivity contribution in [2.24, 2.45) is 11.7 Å². The highest BCUT2D eigenvalue weighted by Crippen LogP contribution is 2.24. The van der Waals surface area contributed by atoms with E-state index < -0.39 is 5.97 Å². The Bertz CT molecular complexity index is 172. The van der Waals surface area contributed by atoms with Gasteiger partial charge in [0.05, 0.1) is 12.5 Å². The average Bonchev–Trinajstić information content (AvgIpc) is 2.33. The fourth-order valence-corrected chi connectivity index (χ4v) is 1.66. The molecule has 0 amide bonds. The summed E-state index contributed by atoms with van der Waals surface area (Å²) in [5.41, 5.74) is 5.71. The van der Waals surface area contributed by atoms with E-state index in [1.54, 1.807) is 0 Å². The molecule has 0 spiro atoms. The third-order valence-electron chi connectivity index (χ3n) is 2.40. The Morgan fingerprint density at radius 1 is 1.83 bits per heavy atom. The third-order valence-corrected chi connectivity index (χ3v) is 2.40. The third kappa shape index (κ3) is 2.19. The molecule has 12 heavy (non-hydrogen) atoms. The van der Waals surface area contributed by atoms with Crippen molar-refractivity contribution >= 4 is 5.97 Å². The number of ether oxygens (including phenoxy) is 1. The molecular weight excluding hydrogens is 158 g/mol. The number of carbonyl (C=O) groups is 1. The highest BCUT2D eigenvalue weighted by atomic mass is 16.5. The zero-order chi connectivity index (χ0) is 9.14. The molecule has 1 aliphatic rings. The van der Waals surface area contributed by atoms with E-state index in [0.29, 0.717) is 6.61 Å². The standard InChI is InChI=1S/C8H15NO3/c1-5-6(2-3-12-5)7(9)4-8(10)11/h5-7H,2-4,9H2,1H3,(H,10,11). The number of aliphatic carboxylic acids is 1. The molecule has 0 bridgehead atoms. The fourth-order valence-electron chi connectivity index (χ4n) is 1.66. The first-order chi connectivity index (χ1) is 5.61. The van der Waals surface area contributed by atoms with Crippen LogP contribution in [-0.2, 0) is 9.53 Å². The summed E-state index contributed by atoms with van der Waals surface area (Å²) in [4.78, 5) is 10.4. The molecule has 4 heteroatoms. The van der Waals surface area contributed by atoms with Gasteiger partial charge < -0.3 is 15.6 Å². The van der Waals surface area contributed by atoms with E-state index in [-0.39, 0.29) is 24.5 Å². The number of hydrogen-bond acceptors (Lipinski definition) is 3. The van der Waals surface area contributed by atoms with Crippen LogP contribution >= 0.6 is 0 Å². The Hall–Kier alpha value is -0.610. The van der Waals surface area contributed by atoms with E-state index in [2.05, 4.69) is 0 Å². The van der Waals surface area contributed by atoms with Gasteiger partial charge in [-0.3, -0.25) is 4.79 Å². The van der Waals surface area contributed by atoms with Gasteiger partial charge in [-0.05, 0) is 13.3 Å². The van der Waals surface area contributed by atoms with Crippen LogP contribution in [0.1, 0.15) is 19.8 Å². The second kappa shape index (κ2) is 3.87. The molecule has 3 N–H and O–H groups in total. The summed E-state index contributed by atoms with van der Waals surface area (Å²) in [5.74, 6) is -0.623. The molecule has 0 aromatic rings. The molecule has 1 rings (SSSR count). The highest BCUT2D eigenvalue weighted by Gasteiger charge is 2.30. The first-order valence-electron chi connectivity index (χ1n) is 4.20. The minimum absolute atomic E-state index is 0.0400. The lowest BCUT2D eigenvalue weighted by atomic mass is 9.92. The number of nitrogens with two attached hydrogens (primary N) is 1. The quantitative estimate of drug-likeness (QED) is 0.640. The SMILES string of the molecule is CC1OCCC1C(N)CC(=O)O. The molecule has 3 unspecified atom stereocenters.